The molecule has 1 aliphatic rings. The molecule has 2 aromatic carbocycles. The zero-order valence-corrected chi connectivity index (χ0v) is 14.3. The molecule has 0 aromatic heterocycles. The Morgan fingerprint density at radius 1 is 1.19 bits per heavy atom. The van der Waals surface area contributed by atoms with Crippen molar-refractivity contribution in [1.29, 1.82) is 0 Å². The van der Waals surface area contributed by atoms with E-state index < -0.39 is 17.9 Å². The number of aliphatic carboxylic acids is 1. The molecule has 1 saturated heterocycles. The van der Waals surface area contributed by atoms with Crippen molar-refractivity contribution in [2.75, 3.05) is 13.2 Å². The maximum atomic E-state index is 12.5. The highest BCUT2D eigenvalue weighted by Gasteiger charge is 2.23. The largest absolute Gasteiger partial charge is 0.491 e. The van der Waals surface area contributed by atoms with Gasteiger partial charge in [0.25, 0.3) is 5.91 Å². The summed E-state index contributed by atoms with van der Waals surface area (Å²) in [6, 6.07) is 14.2. The van der Waals surface area contributed by atoms with Crippen molar-refractivity contribution in [2.24, 2.45) is 0 Å². The van der Waals surface area contributed by atoms with Crippen LogP contribution in [0.3, 0.4) is 0 Å². The molecule has 1 heterocycles. The van der Waals surface area contributed by atoms with E-state index in [1.54, 1.807) is 54.6 Å². The van der Waals surface area contributed by atoms with Crippen molar-refractivity contribution in [2.45, 2.75) is 25.0 Å². The predicted molar refractivity (Wildman–Crippen MR) is 95.2 cm³/mol. The van der Waals surface area contributed by atoms with E-state index in [4.69, 9.17) is 9.47 Å². The molecule has 0 spiro atoms. The second-order valence-electron chi connectivity index (χ2n) is 6.13. The molecule has 2 atom stereocenters. The van der Waals surface area contributed by atoms with E-state index in [0.717, 1.165) is 19.4 Å². The Morgan fingerprint density at radius 2 is 2.00 bits per heavy atom. The first-order valence-corrected chi connectivity index (χ1v) is 8.56. The van der Waals surface area contributed by atoms with Crippen LogP contribution in [0.5, 0.6) is 5.75 Å². The predicted octanol–water partition coefficient (Wildman–Crippen LogP) is 2.80. The summed E-state index contributed by atoms with van der Waals surface area (Å²) in [7, 11) is 0. The lowest BCUT2D eigenvalue weighted by Crippen LogP contribution is -2.33. The molecule has 6 nitrogen and oxygen atoms in total. The Kier molecular flexibility index (Phi) is 5.86. The maximum Gasteiger partial charge on any atom is 0.330 e. The number of benzene rings is 2. The molecule has 0 radical (unpaired) electrons. The molecule has 26 heavy (non-hydrogen) atoms. The number of amides is 1. The SMILES string of the molecule is O=C(N[C@@H](C(=O)O)c1ccccc1)c1cccc(OCC2CCCO2)c1. The van der Waals surface area contributed by atoms with Crippen LogP contribution in [0.2, 0.25) is 0 Å². The number of carbonyl (C=O) groups is 2. The van der Waals surface area contributed by atoms with Gasteiger partial charge in [0.2, 0.25) is 0 Å². The summed E-state index contributed by atoms with van der Waals surface area (Å²) in [4.78, 5) is 24.0. The Labute approximate surface area is 151 Å². The molecular weight excluding hydrogens is 334 g/mol. The van der Waals surface area contributed by atoms with Gasteiger partial charge in [-0.25, -0.2) is 4.79 Å². The molecular formula is C20H21NO5. The molecule has 136 valence electrons. The van der Waals surface area contributed by atoms with Gasteiger partial charge in [0.05, 0.1) is 6.10 Å². The second-order valence-corrected chi connectivity index (χ2v) is 6.13. The van der Waals surface area contributed by atoms with E-state index in [-0.39, 0.29) is 6.10 Å². The van der Waals surface area contributed by atoms with E-state index in [2.05, 4.69) is 5.32 Å². The van der Waals surface area contributed by atoms with Crippen LogP contribution < -0.4 is 10.1 Å². The van der Waals surface area contributed by atoms with E-state index in [9.17, 15) is 14.7 Å². The summed E-state index contributed by atoms with van der Waals surface area (Å²) in [5.41, 5.74) is 0.858. The van der Waals surface area contributed by atoms with Gasteiger partial charge in [-0.15, -0.1) is 0 Å². The number of rotatable bonds is 7. The van der Waals surface area contributed by atoms with Crippen molar-refractivity contribution >= 4 is 11.9 Å². The minimum absolute atomic E-state index is 0.0851. The second kappa shape index (κ2) is 8.49. The van der Waals surface area contributed by atoms with Crippen LogP contribution in [0.1, 0.15) is 34.8 Å². The minimum atomic E-state index is -1.12. The summed E-state index contributed by atoms with van der Waals surface area (Å²) in [6.45, 7) is 1.19. The Hall–Kier alpha value is -2.86. The highest BCUT2D eigenvalue weighted by molar-refractivity contribution is 5.97. The number of ether oxygens (including phenoxy) is 2. The number of nitrogens with one attached hydrogen (secondary N) is 1. The standard InChI is InChI=1S/C20H21NO5/c22-19(21-18(20(23)24)14-6-2-1-3-7-14)15-8-4-9-16(12-15)26-13-17-10-5-11-25-17/h1-4,6-9,12,17-18H,5,10-11,13H2,(H,21,22)(H,23,24)/t17?,18-/m1/s1. The molecule has 1 aliphatic heterocycles. The fourth-order valence-electron chi connectivity index (χ4n) is 2.84. The summed E-state index contributed by atoms with van der Waals surface area (Å²) >= 11 is 0. The van der Waals surface area contributed by atoms with Gasteiger partial charge in [-0.2, -0.15) is 0 Å². The Morgan fingerprint density at radius 3 is 2.69 bits per heavy atom. The van der Waals surface area contributed by atoms with Crippen LogP contribution in [0.4, 0.5) is 0 Å². The third-order valence-corrected chi connectivity index (χ3v) is 4.21. The smallest absolute Gasteiger partial charge is 0.330 e. The summed E-state index contributed by atoms with van der Waals surface area (Å²) in [5.74, 6) is -1.03. The van der Waals surface area contributed by atoms with Gasteiger partial charge < -0.3 is 19.9 Å². The molecule has 2 aromatic rings. The number of carboxylic acids is 1. The zero-order valence-electron chi connectivity index (χ0n) is 14.3. The number of carboxylic acid groups (broad SMARTS) is 1. The van der Waals surface area contributed by atoms with Crippen LogP contribution in [0.25, 0.3) is 0 Å². The van der Waals surface area contributed by atoms with Crippen molar-refractivity contribution in [3.8, 4) is 5.75 Å². The van der Waals surface area contributed by atoms with E-state index in [0.29, 0.717) is 23.5 Å². The lowest BCUT2D eigenvalue weighted by molar-refractivity contribution is -0.139. The first-order valence-electron chi connectivity index (χ1n) is 8.56. The van der Waals surface area contributed by atoms with Gasteiger partial charge in [0.15, 0.2) is 6.04 Å². The van der Waals surface area contributed by atoms with Crippen LogP contribution in [0, 0.1) is 0 Å². The maximum absolute atomic E-state index is 12.5. The topological polar surface area (TPSA) is 84.9 Å². The first kappa shape index (κ1) is 17.9. The van der Waals surface area contributed by atoms with Crippen molar-refractivity contribution < 1.29 is 24.2 Å². The highest BCUT2D eigenvalue weighted by atomic mass is 16.5. The first-order chi connectivity index (χ1) is 12.6. The van der Waals surface area contributed by atoms with Gasteiger partial charge in [-0.1, -0.05) is 36.4 Å². The highest BCUT2D eigenvalue weighted by Crippen LogP contribution is 2.19. The molecule has 2 N–H and O–H groups in total. The fraction of sp³-hybridized carbons (Fsp3) is 0.300. The number of hydrogen-bond acceptors (Lipinski definition) is 4. The molecule has 1 unspecified atom stereocenters. The lowest BCUT2D eigenvalue weighted by atomic mass is 10.1. The quantitative estimate of drug-likeness (QED) is 0.798. The van der Waals surface area contributed by atoms with Crippen molar-refractivity contribution in [1.82, 2.24) is 5.32 Å². The fourth-order valence-corrected chi connectivity index (χ4v) is 2.84. The number of hydrogen-bond donors (Lipinski definition) is 2. The summed E-state index contributed by atoms with van der Waals surface area (Å²) in [6.07, 6.45) is 2.09. The summed E-state index contributed by atoms with van der Waals surface area (Å²) < 4.78 is 11.2. The molecule has 0 saturated carbocycles. The van der Waals surface area contributed by atoms with Gasteiger partial charge in [0.1, 0.15) is 12.4 Å². The van der Waals surface area contributed by atoms with Crippen LogP contribution in [-0.4, -0.2) is 36.3 Å². The van der Waals surface area contributed by atoms with Gasteiger partial charge in [-0.05, 0) is 36.6 Å². The normalized spacial score (nSPS) is 17.5. The Balaban J connectivity index is 1.66. The van der Waals surface area contributed by atoms with E-state index >= 15 is 0 Å². The van der Waals surface area contributed by atoms with Gasteiger partial charge in [0, 0.05) is 12.2 Å². The molecule has 1 amide bonds. The van der Waals surface area contributed by atoms with Crippen molar-refractivity contribution in [3.63, 3.8) is 0 Å². The third-order valence-electron chi connectivity index (χ3n) is 4.21. The average Bonchev–Trinajstić information content (AvgIpc) is 3.18. The van der Waals surface area contributed by atoms with E-state index in [1.807, 2.05) is 0 Å². The average molecular weight is 355 g/mol. The minimum Gasteiger partial charge on any atom is -0.491 e. The van der Waals surface area contributed by atoms with E-state index in [1.165, 1.54) is 0 Å². The van der Waals surface area contributed by atoms with Crippen molar-refractivity contribution in [3.05, 3.63) is 65.7 Å². The molecule has 6 heteroatoms. The molecule has 0 bridgehead atoms. The molecule has 3 rings (SSSR count). The van der Waals surface area contributed by atoms with Gasteiger partial charge >= 0.3 is 5.97 Å². The van der Waals surface area contributed by atoms with Crippen LogP contribution in [-0.2, 0) is 9.53 Å². The third kappa shape index (κ3) is 4.61. The summed E-state index contributed by atoms with van der Waals surface area (Å²) in [5, 5.41) is 12.0. The molecule has 1 fully saturated rings. The number of carbonyl (C=O) groups excluding carboxylic acids is 1. The van der Waals surface area contributed by atoms with Crippen LogP contribution in [0.15, 0.2) is 54.6 Å². The lowest BCUT2D eigenvalue weighted by Gasteiger charge is -2.16. The molecule has 0 aliphatic carbocycles. The van der Waals surface area contributed by atoms with Gasteiger partial charge in [-0.3, -0.25) is 4.79 Å². The van der Waals surface area contributed by atoms with Crippen LogP contribution >= 0.6 is 0 Å². The zero-order chi connectivity index (χ0) is 18.4. The Bertz CT molecular complexity index is 756. The monoisotopic (exact) mass is 355 g/mol.